The van der Waals surface area contributed by atoms with Gasteiger partial charge in [0.05, 0.1) is 5.69 Å². The maximum atomic E-state index is 4.40. The Morgan fingerprint density at radius 2 is 2.00 bits per heavy atom. The van der Waals surface area contributed by atoms with Gasteiger partial charge in [-0.05, 0) is 49.5 Å². The van der Waals surface area contributed by atoms with Crippen LogP contribution in [0.3, 0.4) is 0 Å². The van der Waals surface area contributed by atoms with Gasteiger partial charge in [0.2, 0.25) is 0 Å². The van der Waals surface area contributed by atoms with Crippen LogP contribution in [0.25, 0.3) is 5.57 Å². The molecule has 1 rings (SSSR count). The average Bonchev–Trinajstić information content (AvgIpc) is 2.16. The van der Waals surface area contributed by atoms with E-state index in [4.69, 9.17) is 0 Å². The standard InChI is InChI=1S/C14H19N/c1-6-12-7-8-15-14(11(4)5)13(12)9-10(2)3/h7-8H,2,4,6,9H2,1,3,5H3. The molecule has 0 bridgehead atoms. The van der Waals surface area contributed by atoms with Crippen molar-refractivity contribution < 1.29 is 0 Å². The van der Waals surface area contributed by atoms with Crippen molar-refractivity contribution in [1.82, 2.24) is 4.98 Å². The molecule has 80 valence electrons. The van der Waals surface area contributed by atoms with Crippen LogP contribution in [0.15, 0.2) is 31.0 Å². The molecule has 0 saturated carbocycles. The van der Waals surface area contributed by atoms with Crippen molar-refractivity contribution >= 4 is 5.57 Å². The van der Waals surface area contributed by atoms with E-state index in [9.17, 15) is 0 Å². The molecule has 0 unspecified atom stereocenters. The summed E-state index contributed by atoms with van der Waals surface area (Å²) in [4.78, 5) is 4.40. The fourth-order valence-corrected chi connectivity index (χ4v) is 1.73. The smallest absolute Gasteiger partial charge is 0.0690 e. The first-order chi connectivity index (χ1) is 7.06. The molecular weight excluding hydrogens is 182 g/mol. The van der Waals surface area contributed by atoms with Gasteiger partial charge in [-0.25, -0.2) is 0 Å². The molecule has 1 aromatic rings. The predicted molar refractivity (Wildman–Crippen MR) is 66.8 cm³/mol. The predicted octanol–water partition coefficient (Wildman–Crippen LogP) is 3.80. The second kappa shape index (κ2) is 4.92. The molecule has 1 nitrogen and oxygen atoms in total. The molecule has 0 spiro atoms. The van der Waals surface area contributed by atoms with Crippen molar-refractivity contribution in [2.75, 3.05) is 0 Å². The number of rotatable bonds is 4. The molecule has 0 fully saturated rings. The van der Waals surface area contributed by atoms with Gasteiger partial charge < -0.3 is 0 Å². The lowest BCUT2D eigenvalue weighted by atomic mass is 9.96. The third-order valence-electron chi connectivity index (χ3n) is 2.42. The van der Waals surface area contributed by atoms with Crippen LogP contribution in [0, 0.1) is 0 Å². The highest BCUT2D eigenvalue weighted by atomic mass is 14.7. The average molecular weight is 201 g/mol. The van der Waals surface area contributed by atoms with Crippen LogP contribution in [0.5, 0.6) is 0 Å². The highest BCUT2D eigenvalue weighted by molar-refractivity contribution is 5.62. The highest BCUT2D eigenvalue weighted by Crippen LogP contribution is 2.21. The van der Waals surface area contributed by atoms with E-state index < -0.39 is 0 Å². The molecule has 1 heteroatoms. The molecule has 0 radical (unpaired) electrons. The van der Waals surface area contributed by atoms with Gasteiger partial charge in [0, 0.05) is 6.20 Å². The van der Waals surface area contributed by atoms with E-state index in [1.165, 1.54) is 16.7 Å². The van der Waals surface area contributed by atoms with Crippen LogP contribution in [-0.4, -0.2) is 4.98 Å². The Hall–Kier alpha value is -1.37. The summed E-state index contributed by atoms with van der Waals surface area (Å²) >= 11 is 0. The zero-order chi connectivity index (χ0) is 11.4. The molecule has 0 saturated heterocycles. The van der Waals surface area contributed by atoms with Crippen molar-refractivity contribution in [2.45, 2.75) is 33.6 Å². The number of nitrogens with zero attached hydrogens (tertiary/aromatic N) is 1. The maximum Gasteiger partial charge on any atom is 0.0690 e. The van der Waals surface area contributed by atoms with E-state index in [1.807, 2.05) is 13.1 Å². The van der Waals surface area contributed by atoms with Gasteiger partial charge in [-0.1, -0.05) is 25.7 Å². The van der Waals surface area contributed by atoms with E-state index >= 15 is 0 Å². The maximum absolute atomic E-state index is 4.40. The fraction of sp³-hybridized carbons (Fsp3) is 0.357. The molecule has 0 aliphatic heterocycles. The summed E-state index contributed by atoms with van der Waals surface area (Å²) in [5.41, 5.74) is 5.88. The molecule has 1 heterocycles. The van der Waals surface area contributed by atoms with Crippen LogP contribution < -0.4 is 0 Å². The number of hydrogen-bond donors (Lipinski definition) is 0. The van der Waals surface area contributed by atoms with Crippen LogP contribution in [-0.2, 0) is 12.8 Å². The molecule has 0 amide bonds. The Morgan fingerprint density at radius 1 is 1.33 bits per heavy atom. The Balaban J connectivity index is 3.26. The summed E-state index contributed by atoms with van der Waals surface area (Å²) in [6.07, 6.45) is 3.80. The highest BCUT2D eigenvalue weighted by Gasteiger charge is 2.09. The van der Waals surface area contributed by atoms with Gasteiger partial charge in [0.15, 0.2) is 0 Å². The number of allylic oxidation sites excluding steroid dienone is 2. The van der Waals surface area contributed by atoms with Crippen LogP contribution >= 0.6 is 0 Å². The van der Waals surface area contributed by atoms with Gasteiger partial charge >= 0.3 is 0 Å². The van der Waals surface area contributed by atoms with Crippen LogP contribution in [0.1, 0.15) is 37.6 Å². The molecule has 0 aromatic carbocycles. The van der Waals surface area contributed by atoms with Gasteiger partial charge in [-0.2, -0.15) is 0 Å². The Labute approximate surface area is 92.6 Å². The summed E-state index contributed by atoms with van der Waals surface area (Å²) in [6.45, 7) is 14.2. The third-order valence-corrected chi connectivity index (χ3v) is 2.42. The van der Waals surface area contributed by atoms with E-state index in [2.05, 4.69) is 38.1 Å². The summed E-state index contributed by atoms with van der Waals surface area (Å²) in [7, 11) is 0. The summed E-state index contributed by atoms with van der Waals surface area (Å²) in [5.74, 6) is 0. The first-order valence-electron chi connectivity index (χ1n) is 5.33. The molecule has 0 aliphatic rings. The largest absolute Gasteiger partial charge is 0.256 e. The van der Waals surface area contributed by atoms with Gasteiger partial charge in [-0.15, -0.1) is 0 Å². The first-order valence-corrected chi connectivity index (χ1v) is 5.33. The number of aryl methyl sites for hydroxylation is 1. The van der Waals surface area contributed by atoms with Crippen molar-refractivity contribution in [3.8, 4) is 0 Å². The lowest BCUT2D eigenvalue weighted by molar-refractivity contribution is 1.01. The SMILES string of the molecule is C=C(C)Cc1c(CC)ccnc1C(=C)C. The lowest BCUT2D eigenvalue weighted by Gasteiger charge is -2.12. The van der Waals surface area contributed by atoms with Crippen molar-refractivity contribution in [3.05, 3.63) is 47.8 Å². The molecular formula is C14H19N. The van der Waals surface area contributed by atoms with Gasteiger partial charge in [0.25, 0.3) is 0 Å². The Morgan fingerprint density at radius 3 is 2.47 bits per heavy atom. The first kappa shape index (κ1) is 11.7. The zero-order valence-corrected chi connectivity index (χ0v) is 9.93. The summed E-state index contributed by atoms with van der Waals surface area (Å²) in [6, 6.07) is 2.09. The van der Waals surface area contributed by atoms with Crippen molar-refractivity contribution in [1.29, 1.82) is 0 Å². The minimum atomic E-state index is 0.902. The quantitative estimate of drug-likeness (QED) is 0.675. The normalized spacial score (nSPS) is 10.1. The minimum absolute atomic E-state index is 0.902. The van der Waals surface area contributed by atoms with Crippen molar-refractivity contribution in [2.24, 2.45) is 0 Å². The molecule has 15 heavy (non-hydrogen) atoms. The number of hydrogen-bond acceptors (Lipinski definition) is 1. The van der Waals surface area contributed by atoms with E-state index in [0.717, 1.165) is 24.1 Å². The van der Waals surface area contributed by atoms with Crippen LogP contribution in [0.2, 0.25) is 0 Å². The molecule has 0 atom stereocenters. The summed E-state index contributed by atoms with van der Waals surface area (Å²) < 4.78 is 0. The molecule has 0 N–H and O–H groups in total. The fourth-order valence-electron chi connectivity index (χ4n) is 1.73. The lowest BCUT2D eigenvalue weighted by Crippen LogP contribution is -2.01. The number of pyridine rings is 1. The van der Waals surface area contributed by atoms with Crippen LogP contribution in [0.4, 0.5) is 0 Å². The second-order valence-corrected chi connectivity index (χ2v) is 4.07. The number of aromatic nitrogens is 1. The van der Waals surface area contributed by atoms with E-state index in [1.54, 1.807) is 0 Å². The van der Waals surface area contributed by atoms with Gasteiger partial charge in [0.1, 0.15) is 0 Å². The second-order valence-electron chi connectivity index (χ2n) is 4.07. The monoisotopic (exact) mass is 201 g/mol. The molecule has 1 aromatic heterocycles. The summed E-state index contributed by atoms with van der Waals surface area (Å²) in [5, 5.41) is 0. The van der Waals surface area contributed by atoms with E-state index in [0.29, 0.717) is 0 Å². The third kappa shape index (κ3) is 2.79. The topological polar surface area (TPSA) is 12.9 Å². The minimum Gasteiger partial charge on any atom is -0.256 e. The molecule has 0 aliphatic carbocycles. The van der Waals surface area contributed by atoms with Gasteiger partial charge in [-0.3, -0.25) is 4.98 Å². The Kier molecular flexibility index (Phi) is 3.84. The zero-order valence-electron chi connectivity index (χ0n) is 9.93. The Bertz CT molecular complexity index is 388. The van der Waals surface area contributed by atoms with E-state index in [-0.39, 0.29) is 0 Å². The van der Waals surface area contributed by atoms with Crippen molar-refractivity contribution in [3.63, 3.8) is 0 Å².